The van der Waals surface area contributed by atoms with Crippen LogP contribution >= 0.6 is 11.6 Å². The number of halogens is 1. The van der Waals surface area contributed by atoms with Crippen molar-refractivity contribution < 1.29 is 5.11 Å². The Balaban J connectivity index is 2.68. The number of aromatic hydroxyl groups is 1. The average Bonchev–Trinajstić information content (AvgIpc) is 2.36. The van der Waals surface area contributed by atoms with Crippen molar-refractivity contribution >= 4 is 11.6 Å². The van der Waals surface area contributed by atoms with Crippen molar-refractivity contribution in [3.8, 4) is 5.75 Å². The molecule has 0 aliphatic heterocycles. The second kappa shape index (κ2) is 8.39. The van der Waals surface area contributed by atoms with Crippen molar-refractivity contribution in [2.45, 2.75) is 46.1 Å². The van der Waals surface area contributed by atoms with Crippen molar-refractivity contribution in [3.05, 3.63) is 28.8 Å². The van der Waals surface area contributed by atoms with Crippen LogP contribution in [0.3, 0.4) is 0 Å². The zero-order chi connectivity index (χ0) is 13.4. The van der Waals surface area contributed by atoms with Gasteiger partial charge in [0.25, 0.3) is 0 Å². The van der Waals surface area contributed by atoms with Crippen LogP contribution in [0.2, 0.25) is 5.02 Å². The fraction of sp³-hybridized carbons (Fsp3) is 0.600. The number of hydrogen-bond donors (Lipinski definition) is 1. The van der Waals surface area contributed by atoms with Crippen LogP contribution in [0.25, 0.3) is 0 Å². The lowest BCUT2D eigenvalue weighted by Crippen LogP contribution is -2.25. The van der Waals surface area contributed by atoms with Crippen LogP contribution in [0.15, 0.2) is 18.2 Å². The summed E-state index contributed by atoms with van der Waals surface area (Å²) >= 11 is 6.16. The van der Waals surface area contributed by atoms with Crippen molar-refractivity contribution in [3.63, 3.8) is 0 Å². The van der Waals surface area contributed by atoms with E-state index in [4.69, 9.17) is 11.6 Å². The molecule has 0 aliphatic carbocycles. The third kappa shape index (κ3) is 4.87. The fourth-order valence-corrected chi connectivity index (χ4v) is 2.19. The first kappa shape index (κ1) is 15.3. The molecule has 0 amide bonds. The number of nitrogens with zero attached hydrogens (tertiary/aromatic N) is 1. The molecule has 18 heavy (non-hydrogen) atoms. The number of hydrogen-bond acceptors (Lipinski definition) is 2. The highest BCUT2D eigenvalue weighted by molar-refractivity contribution is 6.31. The van der Waals surface area contributed by atoms with E-state index in [1.807, 2.05) is 6.07 Å². The topological polar surface area (TPSA) is 23.5 Å². The van der Waals surface area contributed by atoms with Gasteiger partial charge < -0.3 is 5.11 Å². The molecular weight excluding hydrogens is 246 g/mol. The largest absolute Gasteiger partial charge is 0.508 e. The molecule has 102 valence electrons. The molecule has 0 aromatic heterocycles. The van der Waals surface area contributed by atoms with Crippen LogP contribution in [0.4, 0.5) is 0 Å². The molecule has 0 atom stereocenters. The number of unbranched alkanes of at least 4 members (excludes halogenated alkanes) is 2. The SMILES string of the molecule is CCCCN(CCCC)Cc1c(O)cccc1Cl. The van der Waals surface area contributed by atoms with E-state index >= 15 is 0 Å². The lowest BCUT2D eigenvalue weighted by Gasteiger charge is -2.23. The molecule has 0 fully saturated rings. The van der Waals surface area contributed by atoms with Crippen molar-refractivity contribution in [1.82, 2.24) is 4.90 Å². The van der Waals surface area contributed by atoms with Gasteiger partial charge in [-0.05, 0) is 38.1 Å². The standard InChI is InChI=1S/C15H24ClNO/c1-3-5-10-17(11-6-4-2)12-13-14(16)8-7-9-15(13)18/h7-9,18H,3-6,10-12H2,1-2H3. The average molecular weight is 270 g/mol. The van der Waals surface area contributed by atoms with E-state index in [0.717, 1.165) is 25.2 Å². The summed E-state index contributed by atoms with van der Waals surface area (Å²) in [6, 6.07) is 5.33. The van der Waals surface area contributed by atoms with Crippen LogP contribution in [-0.2, 0) is 6.54 Å². The van der Waals surface area contributed by atoms with Crippen LogP contribution in [0.1, 0.15) is 45.1 Å². The van der Waals surface area contributed by atoms with E-state index in [1.54, 1.807) is 12.1 Å². The maximum Gasteiger partial charge on any atom is 0.121 e. The van der Waals surface area contributed by atoms with Crippen molar-refractivity contribution in [2.24, 2.45) is 0 Å². The monoisotopic (exact) mass is 269 g/mol. The zero-order valence-electron chi connectivity index (χ0n) is 11.5. The van der Waals surface area contributed by atoms with E-state index in [9.17, 15) is 5.11 Å². The summed E-state index contributed by atoms with van der Waals surface area (Å²) in [4.78, 5) is 2.38. The number of benzene rings is 1. The molecule has 0 bridgehead atoms. The van der Waals surface area contributed by atoms with E-state index < -0.39 is 0 Å². The van der Waals surface area contributed by atoms with E-state index in [2.05, 4.69) is 18.7 Å². The Morgan fingerprint density at radius 2 is 1.72 bits per heavy atom. The Morgan fingerprint density at radius 3 is 2.22 bits per heavy atom. The highest BCUT2D eigenvalue weighted by Gasteiger charge is 2.11. The van der Waals surface area contributed by atoms with Gasteiger partial charge >= 0.3 is 0 Å². The van der Waals surface area contributed by atoms with Crippen LogP contribution in [-0.4, -0.2) is 23.1 Å². The Labute approximate surface area is 116 Å². The van der Waals surface area contributed by atoms with Gasteiger partial charge in [0.15, 0.2) is 0 Å². The van der Waals surface area contributed by atoms with Crippen molar-refractivity contribution in [1.29, 1.82) is 0 Å². The van der Waals surface area contributed by atoms with Crippen molar-refractivity contribution in [2.75, 3.05) is 13.1 Å². The molecule has 0 aliphatic rings. The first-order valence-corrected chi connectivity index (χ1v) is 7.25. The minimum atomic E-state index is 0.306. The second-order valence-electron chi connectivity index (χ2n) is 4.72. The quantitative estimate of drug-likeness (QED) is 0.754. The van der Waals surface area contributed by atoms with Gasteiger partial charge in [0, 0.05) is 17.1 Å². The molecule has 1 rings (SSSR count). The Bertz CT molecular complexity index is 326. The van der Waals surface area contributed by atoms with Crippen LogP contribution < -0.4 is 0 Å². The summed E-state index contributed by atoms with van der Waals surface area (Å²) in [6.07, 6.45) is 4.76. The molecule has 0 spiro atoms. The van der Waals surface area contributed by atoms with Crippen LogP contribution in [0, 0.1) is 0 Å². The molecular formula is C15H24ClNO. The van der Waals surface area contributed by atoms with Gasteiger partial charge in [0.2, 0.25) is 0 Å². The molecule has 0 saturated heterocycles. The van der Waals surface area contributed by atoms with Gasteiger partial charge in [0.05, 0.1) is 0 Å². The summed E-state index contributed by atoms with van der Waals surface area (Å²) < 4.78 is 0. The van der Waals surface area contributed by atoms with E-state index in [-0.39, 0.29) is 0 Å². The number of rotatable bonds is 8. The first-order chi connectivity index (χ1) is 8.69. The van der Waals surface area contributed by atoms with Gasteiger partial charge in [-0.15, -0.1) is 0 Å². The maximum atomic E-state index is 9.88. The van der Waals surface area contributed by atoms with Crippen LogP contribution in [0.5, 0.6) is 5.75 Å². The molecule has 1 aromatic rings. The van der Waals surface area contributed by atoms with E-state index in [1.165, 1.54) is 25.7 Å². The molecule has 3 heteroatoms. The Kier molecular flexibility index (Phi) is 7.14. The van der Waals surface area contributed by atoms with Gasteiger partial charge in [-0.1, -0.05) is 44.4 Å². The van der Waals surface area contributed by atoms with E-state index in [0.29, 0.717) is 10.8 Å². The smallest absolute Gasteiger partial charge is 0.121 e. The van der Waals surface area contributed by atoms with Gasteiger partial charge in [-0.2, -0.15) is 0 Å². The summed E-state index contributed by atoms with van der Waals surface area (Å²) in [5.41, 5.74) is 0.853. The minimum absolute atomic E-state index is 0.306. The number of phenols is 1. The summed E-state index contributed by atoms with van der Waals surface area (Å²) in [7, 11) is 0. The molecule has 1 N–H and O–H groups in total. The lowest BCUT2D eigenvalue weighted by molar-refractivity contribution is 0.254. The third-order valence-corrected chi connectivity index (χ3v) is 3.49. The predicted molar refractivity (Wildman–Crippen MR) is 78.2 cm³/mol. The summed E-state index contributed by atoms with van der Waals surface area (Å²) in [5, 5.41) is 10.5. The second-order valence-corrected chi connectivity index (χ2v) is 5.13. The zero-order valence-corrected chi connectivity index (χ0v) is 12.2. The summed E-state index contributed by atoms with van der Waals surface area (Å²) in [5.74, 6) is 0.306. The molecule has 1 aromatic carbocycles. The van der Waals surface area contributed by atoms with Gasteiger partial charge in [-0.3, -0.25) is 4.90 Å². The predicted octanol–water partition coefficient (Wildman–Crippen LogP) is 4.45. The Morgan fingerprint density at radius 1 is 1.11 bits per heavy atom. The summed E-state index contributed by atoms with van der Waals surface area (Å²) in [6.45, 7) is 7.28. The third-order valence-electron chi connectivity index (χ3n) is 3.13. The maximum absolute atomic E-state index is 9.88. The normalized spacial score (nSPS) is 11.1. The fourth-order valence-electron chi connectivity index (χ4n) is 1.96. The highest BCUT2D eigenvalue weighted by atomic mass is 35.5. The highest BCUT2D eigenvalue weighted by Crippen LogP contribution is 2.26. The molecule has 0 saturated carbocycles. The molecule has 0 unspecified atom stereocenters. The lowest BCUT2D eigenvalue weighted by atomic mass is 10.1. The molecule has 2 nitrogen and oxygen atoms in total. The first-order valence-electron chi connectivity index (χ1n) is 6.87. The van der Waals surface area contributed by atoms with Gasteiger partial charge in [0.1, 0.15) is 5.75 Å². The minimum Gasteiger partial charge on any atom is -0.508 e. The molecule has 0 radical (unpaired) electrons. The van der Waals surface area contributed by atoms with Gasteiger partial charge in [-0.25, -0.2) is 0 Å². The number of phenolic OH excluding ortho intramolecular Hbond substituents is 1. The Hall–Kier alpha value is -0.730. The molecule has 0 heterocycles.